The van der Waals surface area contributed by atoms with E-state index < -0.39 is 0 Å². The van der Waals surface area contributed by atoms with Crippen LogP contribution in [-0.4, -0.2) is 24.5 Å². The van der Waals surface area contributed by atoms with E-state index in [2.05, 4.69) is 25.7 Å². The Morgan fingerprint density at radius 3 is 2.53 bits per heavy atom. The average molecular weight is 266 g/mol. The van der Waals surface area contributed by atoms with Crippen molar-refractivity contribution in [1.29, 1.82) is 0 Å². The Hall–Kier alpha value is -0.930. The summed E-state index contributed by atoms with van der Waals surface area (Å²) < 4.78 is 13.7. The maximum absolute atomic E-state index is 13.7. The topological polar surface area (TPSA) is 29.3 Å². The molecule has 1 aromatic rings. The summed E-state index contributed by atoms with van der Waals surface area (Å²) in [5.41, 5.74) is 6.83. The molecule has 2 unspecified atom stereocenters. The second kappa shape index (κ2) is 8.28. The highest BCUT2D eigenvalue weighted by molar-refractivity contribution is 5.21. The molecule has 0 saturated carbocycles. The van der Waals surface area contributed by atoms with E-state index in [0.29, 0.717) is 5.56 Å². The second-order valence-electron chi connectivity index (χ2n) is 5.27. The summed E-state index contributed by atoms with van der Waals surface area (Å²) in [6, 6.07) is 6.59. The van der Waals surface area contributed by atoms with Crippen LogP contribution in [0.1, 0.15) is 45.2 Å². The molecule has 108 valence electrons. The van der Waals surface area contributed by atoms with Crippen LogP contribution in [0.2, 0.25) is 0 Å². The van der Waals surface area contributed by atoms with E-state index in [1.165, 1.54) is 18.9 Å². The monoisotopic (exact) mass is 266 g/mol. The zero-order valence-electron chi connectivity index (χ0n) is 12.4. The highest BCUT2D eigenvalue weighted by Crippen LogP contribution is 2.22. The van der Waals surface area contributed by atoms with Crippen LogP contribution in [0.15, 0.2) is 24.3 Å². The first-order valence-corrected chi connectivity index (χ1v) is 7.32. The van der Waals surface area contributed by atoms with Crippen LogP contribution in [0, 0.1) is 11.7 Å². The van der Waals surface area contributed by atoms with Gasteiger partial charge in [0.1, 0.15) is 5.82 Å². The molecular formula is C16H27FN2. The number of halogens is 1. The van der Waals surface area contributed by atoms with Gasteiger partial charge < -0.3 is 10.6 Å². The summed E-state index contributed by atoms with van der Waals surface area (Å²) >= 11 is 0. The molecule has 0 aromatic heterocycles. The van der Waals surface area contributed by atoms with E-state index in [0.717, 1.165) is 19.6 Å². The minimum atomic E-state index is -0.239. The van der Waals surface area contributed by atoms with E-state index >= 15 is 0 Å². The van der Waals surface area contributed by atoms with Crippen LogP contribution < -0.4 is 5.73 Å². The van der Waals surface area contributed by atoms with Crippen LogP contribution in [0.3, 0.4) is 0 Å². The highest BCUT2D eigenvalue weighted by atomic mass is 19.1. The van der Waals surface area contributed by atoms with Gasteiger partial charge in [0, 0.05) is 18.2 Å². The zero-order valence-corrected chi connectivity index (χ0v) is 12.4. The molecule has 1 aromatic carbocycles. The molecule has 0 amide bonds. The third kappa shape index (κ3) is 4.92. The summed E-state index contributed by atoms with van der Waals surface area (Å²) in [5, 5.41) is 0. The Morgan fingerprint density at radius 1 is 1.26 bits per heavy atom. The Balaban J connectivity index is 2.61. The molecule has 3 heteroatoms. The summed E-state index contributed by atoms with van der Waals surface area (Å²) in [5.74, 6) is 0.0483. The predicted molar refractivity (Wildman–Crippen MR) is 79.5 cm³/mol. The number of unbranched alkanes of at least 4 members (excludes halogenated alkanes) is 1. The number of hydrogen-bond donors (Lipinski definition) is 1. The van der Waals surface area contributed by atoms with E-state index in [-0.39, 0.29) is 17.8 Å². The highest BCUT2D eigenvalue weighted by Gasteiger charge is 2.19. The summed E-state index contributed by atoms with van der Waals surface area (Å²) in [6.07, 6.45) is 2.40. The molecule has 2 atom stereocenters. The third-order valence-corrected chi connectivity index (χ3v) is 3.70. The van der Waals surface area contributed by atoms with Gasteiger partial charge in [-0.05, 0) is 31.5 Å². The van der Waals surface area contributed by atoms with Gasteiger partial charge in [0.05, 0.1) is 0 Å². The normalized spacial score (nSPS) is 14.6. The van der Waals surface area contributed by atoms with Crippen molar-refractivity contribution in [3.63, 3.8) is 0 Å². The molecule has 0 aliphatic rings. The number of nitrogens with zero attached hydrogens (tertiary/aromatic N) is 1. The number of nitrogens with two attached hydrogens (primary N) is 1. The molecule has 2 nitrogen and oxygen atoms in total. The SMILES string of the molecule is CCCCN(CC)CC(C)C(N)c1ccccc1F. The Bertz CT molecular complexity index is 368. The maximum atomic E-state index is 13.7. The number of rotatable bonds is 8. The lowest BCUT2D eigenvalue weighted by Gasteiger charge is -2.28. The minimum Gasteiger partial charge on any atom is -0.324 e. The van der Waals surface area contributed by atoms with Crippen molar-refractivity contribution in [2.24, 2.45) is 11.7 Å². The van der Waals surface area contributed by atoms with Crippen molar-refractivity contribution >= 4 is 0 Å². The Morgan fingerprint density at radius 2 is 1.95 bits per heavy atom. The van der Waals surface area contributed by atoms with Crippen molar-refractivity contribution in [2.45, 2.75) is 39.7 Å². The van der Waals surface area contributed by atoms with E-state index in [9.17, 15) is 4.39 Å². The van der Waals surface area contributed by atoms with Gasteiger partial charge >= 0.3 is 0 Å². The fourth-order valence-electron chi connectivity index (χ4n) is 2.33. The van der Waals surface area contributed by atoms with Crippen LogP contribution in [0.25, 0.3) is 0 Å². The molecule has 0 aliphatic carbocycles. The molecule has 2 N–H and O–H groups in total. The first-order valence-electron chi connectivity index (χ1n) is 7.32. The van der Waals surface area contributed by atoms with Crippen molar-refractivity contribution in [3.05, 3.63) is 35.6 Å². The van der Waals surface area contributed by atoms with Gasteiger partial charge in [-0.2, -0.15) is 0 Å². The largest absolute Gasteiger partial charge is 0.324 e. The zero-order chi connectivity index (χ0) is 14.3. The predicted octanol–water partition coefficient (Wildman–Crippen LogP) is 3.58. The van der Waals surface area contributed by atoms with Gasteiger partial charge in [0.25, 0.3) is 0 Å². The van der Waals surface area contributed by atoms with Gasteiger partial charge in [0.15, 0.2) is 0 Å². The molecule has 0 aliphatic heterocycles. The van der Waals surface area contributed by atoms with Crippen molar-refractivity contribution < 1.29 is 4.39 Å². The summed E-state index contributed by atoms with van der Waals surface area (Å²) in [6.45, 7) is 9.51. The van der Waals surface area contributed by atoms with Gasteiger partial charge in [0.2, 0.25) is 0 Å². The maximum Gasteiger partial charge on any atom is 0.127 e. The lowest BCUT2D eigenvalue weighted by atomic mass is 9.94. The van der Waals surface area contributed by atoms with Crippen molar-refractivity contribution in [1.82, 2.24) is 4.90 Å². The molecule has 0 fully saturated rings. The fraction of sp³-hybridized carbons (Fsp3) is 0.625. The summed E-state index contributed by atoms with van der Waals surface area (Å²) in [7, 11) is 0. The standard InChI is InChI=1S/C16H27FN2/c1-4-6-11-19(5-2)12-13(3)16(18)14-9-7-8-10-15(14)17/h7-10,13,16H,4-6,11-12,18H2,1-3H3. The number of hydrogen-bond acceptors (Lipinski definition) is 2. The molecule has 0 bridgehead atoms. The van der Waals surface area contributed by atoms with E-state index in [4.69, 9.17) is 5.73 Å². The molecule has 1 rings (SSSR count). The Labute approximate surface area is 116 Å². The second-order valence-corrected chi connectivity index (χ2v) is 5.27. The molecule has 0 radical (unpaired) electrons. The summed E-state index contributed by atoms with van der Waals surface area (Å²) in [4.78, 5) is 2.40. The fourth-order valence-corrected chi connectivity index (χ4v) is 2.33. The van der Waals surface area contributed by atoms with Gasteiger partial charge in [-0.3, -0.25) is 0 Å². The van der Waals surface area contributed by atoms with Gasteiger partial charge in [-0.1, -0.05) is 45.4 Å². The molecular weight excluding hydrogens is 239 g/mol. The average Bonchev–Trinajstić information content (AvgIpc) is 2.43. The quantitative estimate of drug-likeness (QED) is 0.779. The van der Waals surface area contributed by atoms with Crippen molar-refractivity contribution in [3.8, 4) is 0 Å². The third-order valence-electron chi connectivity index (χ3n) is 3.70. The molecule has 0 saturated heterocycles. The Kier molecular flexibility index (Phi) is 7.03. The van der Waals surface area contributed by atoms with Crippen LogP contribution in [0.4, 0.5) is 4.39 Å². The minimum absolute atomic E-state index is 0.196. The number of benzene rings is 1. The van der Waals surface area contributed by atoms with Crippen molar-refractivity contribution in [2.75, 3.05) is 19.6 Å². The molecule has 19 heavy (non-hydrogen) atoms. The lowest BCUT2D eigenvalue weighted by Crippen LogP contribution is -2.34. The first-order chi connectivity index (χ1) is 9.10. The molecule has 0 spiro atoms. The lowest BCUT2D eigenvalue weighted by molar-refractivity contribution is 0.228. The van der Waals surface area contributed by atoms with Crippen LogP contribution in [-0.2, 0) is 0 Å². The van der Waals surface area contributed by atoms with Crippen LogP contribution >= 0.6 is 0 Å². The van der Waals surface area contributed by atoms with Gasteiger partial charge in [-0.15, -0.1) is 0 Å². The van der Waals surface area contributed by atoms with E-state index in [1.54, 1.807) is 12.1 Å². The van der Waals surface area contributed by atoms with E-state index in [1.807, 2.05) is 6.07 Å². The molecule has 0 heterocycles. The van der Waals surface area contributed by atoms with Crippen LogP contribution in [0.5, 0.6) is 0 Å². The van der Waals surface area contributed by atoms with Gasteiger partial charge in [-0.25, -0.2) is 4.39 Å². The smallest absolute Gasteiger partial charge is 0.127 e. The first kappa shape index (κ1) is 16.1.